The molecular weight excluding hydrogens is 849 g/mol. The summed E-state index contributed by atoms with van der Waals surface area (Å²) in [5.41, 5.74) is 9.19. The Morgan fingerprint density at radius 2 is 0.586 bits per heavy atom. The maximum atomic E-state index is 6.29. The Morgan fingerprint density at radius 3 is 1.14 bits per heavy atom. The van der Waals surface area contributed by atoms with E-state index in [1.165, 1.54) is 108 Å². The Bertz CT molecular complexity index is 4640. The first-order chi connectivity index (χ1) is 34.7. The number of hydrogen-bond acceptors (Lipinski definition) is 2. The molecule has 0 aliphatic rings. The molecule has 0 saturated carbocycles. The van der Waals surface area contributed by atoms with Crippen molar-refractivity contribution in [2.45, 2.75) is 0 Å². The van der Waals surface area contributed by atoms with Gasteiger partial charge >= 0.3 is 0 Å². The van der Waals surface area contributed by atoms with Crippen LogP contribution in [0.1, 0.15) is 0 Å². The van der Waals surface area contributed by atoms with Gasteiger partial charge in [0.25, 0.3) is 0 Å². The van der Waals surface area contributed by atoms with Crippen molar-refractivity contribution < 1.29 is 8.83 Å². The van der Waals surface area contributed by atoms with Crippen molar-refractivity contribution in [1.29, 1.82) is 0 Å². The molecule has 16 rings (SSSR count). The van der Waals surface area contributed by atoms with Gasteiger partial charge in [-0.25, -0.2) is 0 Å². The van der Waals surface area contributed by atoms with Gasteiger partial charge in [-0.2, -0.15) is 0 Å². The minimum Gasteiger partial charge on any atom is -0.456 e. The van der Waals surface area contributed by atoms with Crippen LogP contribution in [-0.2, 0) is 0 Å². The fourth-order valence-electron chi connectivity index (χ4n) is 11.6. The van der Waals surface area contributed by atoms with E-state index in [0.717, 1.165) is 44.6 Å². The van der Waals surface area contributed by atoms with E-state index in [4.69, 9.17) is 8.83 Å². The topological polar surface area (TPSA) is 26.3 Å². The van der Waals surface area contributed by atoms with Gasteiger partial charge in [-0.3, -0.25) is 0 Å². The van der Waals surface area contributed by atoms with Crippen LogP contribution < -0.4 is 0 Å². The summed E-state index contributed by atoms with van der Waals surface area (Å²) < 4.78 is 12.6. The van der Waals surface area contributed by atoms with Gasteiger partial charge in [-0.05, 0) is 151 Å². The molecule has 0 bridgehead atoms. The highest BCUT2D eigenvalue weighted by atomic mass is 16.3. The second-order valence-corrected chi connectivity index (χ2v) is 18.7. The lowest BCUT2D eigenvalue weighted by atomic mass is 9.87. The fraction of sp³-hybridized carbons (Fsp3) is 0. The first-order valence-electron chi connectivity index (χ1n) is 24.0. The molecule has 0 atom stereocenters. The van der Waals surface area contributed by atoms with Crippen LogP contribution in [0.25, 0.3) is 153 Å². The molecule has 0 amide bonds. The highest BCUT2D eigenvalue weighted by molar-refractivity contribution is 6.29. The summed E-state index contributed by atoms with van der Waals surface area (Å²) in [6, 6.07) is 87.4. The van der Waals surface area contributed by atoms with Crippen LogP contribution in [-0.4, -0.2) is 0 Å². The van der Waals surface area contributed by atoms with E-state index in [1.807, 2.05) is 24.3 Å². The predicted molar refractivity (Wildman–Crippen MR) is 297 cm³/mol. The Labute approximate surface area is 402 Å². The Hall–Kier alpha value is -9.24. The van der Waals surface area contributed by atoms with Crippen LogP contribution in [0.3, 0.4) is 0 Å². The van der Waals surface area contributed by atoms with E-state index in [-0.39, 0.29) is 0 Å². The van der Waals surface area contributed by atoms with Gasteiger partial charge in [0.15, 0.2) is 0 Å². The van der Waals surface area contributed by atoms with E-state index in [1.54, 1.807) is 0 Å². The first kappa shape index (κ1) is 38.8. The molecule has 70 heavy (non-hydrogen) atoms. The van der Waals surface area contributed by atoms with E-state index in [2.05, 4.69) is 218 Å². The van der Waals surface area contributed by atoms with Gasteiger partial charge in [0.2, 0.25) is 0 Å². The minimum absolute atomic E-state index is 0.915. The summed E-state index contributed by atoms with van der Waals surface area (Å²) in [5.74, 6) is 1.83. The lowest BCUT2D eigenvalue weighted by molar-refractivity contribution is 0.632. The molecule has 0 spiro atoms. The fourth-order valence-corrected chi connectivity index (χ4v) is 11.6. The molecule has 0 fully saturated rings. The number of rotatable bonds is 4. The zero-order valence-corrected chi connectivity index (χ0v) is 37.9. The smallest absolute Gasteiger partial charge is 0.136 e. The minimum atomic E-state index is 0.915. The molecular formula is C68H40O2. The number of furan rings is 2. The SMILES string of the molecule is c1ccc2cc(-c3ccc4ccc5c(-c6cc7ccccc7o6)ccc6ccc3c4c65)ccc2c1.c1ccc2oc(-c3ccc4ccc5c(-c6cccc7ccccc67)ccc6ccc3c4c65)cc2c1. The summed E-state index contributed by atoms with van der Waals surface area (Å²) in [4.78, 5) is 0. The summed E-state index contributed by atoms with van der Waals surface area (Å²) in [6.07, 6.45) is 0. The zero-order chi connectivity index (χ0) is 45.9. The Morgan fingerprint density at radius 1 is 0.200 bits per heavy atom. The summed E-state index contributed by atoms with van der Waals surface area (Å²) in [6.45, 7) is 0. The van der Waals surface area contributed by atoms with Gasteiger partial charge in [0.05, 0.1) is 0 Å². The predicted octanol–water partition coefficient (Wildman–Crippen LogP) is 19.6. The van der Waals surface area contributed by atoms with Crippen LogP contribution in [0.4, 0.5) is 0 Å². The molecule has 16 aromatic rings. The van der Waals surface area contributed by atoms with Gasteiger partial charge in [0.1, 0.15) is 22.7 Å². The highest BCUT2D eigenvalue weighted by Gasteiger charge is 2.19. The van der Waals surface area contributed by atoms with Crippen LogP contribution in [0.15, 0.2) is 251 Å². The zero-order valence-electron chi connectivity index (χ0n) is 37.9. The summed E-state index contributed by atoms with van der Waals surface area (Å²) in [5, 5.41) is 22.7. The molecule has 0 N–H and O–H groups in total. The maximum Gasteiger partial charge on any atom is 0.136 e. The molecule has 2 heterocycles. The molecule has 0 radical (unpaired) electrons. The molecule has 2 heteroatoms. The van der Waals surface area contributed by atoms with E-state index >= 15 is 0 Å². The number of fused-ring (bicyclic) bond motifs is 4. The van der Waals surface area contributed by atoms with Crippen molar-refractivity contribution in [3.8, 4) is 44.9 Å². The van der Waals surface area contributed by atoms with E-state index in [0.29, 0.717) is 0 Å². The van der Waals surface area contributed by atoms with Gasteiger partial charge in [-0.15, -0.1) is 0 Å². The third-order valence-corrected chi connectivity index (χ3v) is 14.9. The van der Waals surface area contributed by atoms with Crippen LogP contribution >= 0.6 is 0 Å². The molecule has 14 aromatic carbocycles. The summed E-state index contributed by atoms with van der Waals surface area (Å²) >= 11 is 0. The number of hydrogen-bond donors (Lipinski definition) is 0. The largest absolute Gasteiger partial charge is 0.456 e. The lowest BCUT2D eigenvalue weighted by Gasteiger charge is -2.16. The monoisotopic (exact) mass is 888 g/mol. The molecule has 0 saturated heterocycles. The second kappa shape index (κ2) is 15.1. The summed E-state index contributed by atoms with van der Waals surface area (Å²) in [7, 11) is 0. The maximum absolute atomic E-state index is 6.29. The van der Waals surface area contributed by atoms with Gasteiger partial charge in [0, 0.05) is 21.9 Å². The van der Waals surface area contributed by atoms with Crippen molar-refractivity contribution in [1.82, 2.24) is 0 Å². The Balaban J connectivity index is 0.000000126. The standard InChI is InChI=1S/2C34H20O/c1-3-9-25-21(6-1)8-5-10-26(25)27-16-12-22-15-19-30-28(32-20-24-7-2-4-11-31(24)35-32)17-13-23-14-18-29(27)33(22)34(23)30;1-2-6-24-19-25(10-9-21(24)5-1)27-15-11-22-14-18-30-28(32-20-26-7-3-4-8-31(26)35-32)16-12-23-13-17-29(27)33(22)34(23)30/h2*1-20H. The van der Waals surface area contributed by atoms with Crippen molar-refractivity contribution in [3.63, 3.8) is 0 Å². The quantitative estimate of drug-likeness (QED) is 0.165. The third kappa shape index (κ3) is 5.93. The molecule has 0 unspecified atom stereocenters. The third-order valence-electron chi connectivity index (χ3n) is 14.9. The molecule has 2 aromatic heterocycles. The second-order valence-electron chi connectivity index (χ2n) is 18.7. The van der Waals surface area contributed by atoms with Gasteiger partial charge in [-0.1, -0.05) is 200 Å². The molecule has 324 valence electrons. The number of para-hydroxylation sites is 2. The molecule has 2 nitrogen and oxygen atoms in total. The average molecular weight is 889 g/mol. The van der Waals surface area contributed by atoms with Gasteiger partial charge < -0.3 is 8.83 Å². The molecule has 0 aliphatic carbocycles. The normalized spacial score (nSPS) is 12.0. The van der Waals surface area contributed by atoms with Crippen molar-refractivity contribution in [2.75, 3.05) is 0 Å². The van der Waals surface area contributed by atoms with Crippen molar-refractivity contribution in [2.24, 2.45) is 0 Å². The number of benzene rings is 14. The average Bonchev–Trinajstić information content (AvgIpc) is 4.07. The first-order valence-corrected chi connectivity index (χ1v) is 24.0. The van der Waals surface area contributed by atoms with Crippen molar-refractivity contribution >= 4 is 108 Å². The molecule has 0 aliphatic heterocycles. The van der Waals surface area contributed by atoms with Crippen LogP contribution in [0.5, 0.6) is 0 Å². The van der Waals surface area contributed by atoms with E-state index < -0.39 is 0 Å². The van der Waals surface area contributed by atoms with Crippen LogP contribution in [0, 0.1) is 0 Å². The Kier molecular flexibility index (Phi) is 8.39. The highest BCUT2D eigenvalue weighted by Crippen LogP contribution is 2.46. The lowest BCUT2D eigenvalue weighted by Crippen LogP contribution is -1.89. The van der Waals surface area contributed by atoms with E-state index in [9.17, 15) is 0 Å². The van der Waals surface area contributed by atoms with Crippen LogP contribution in [0.2, 0.25) is 0 Å². The van der Waals surface area contributed by atoms with Crippen molar-refractivity contribution in [3.05, 3.63) is 243 Å².